The van der Waals surface area contributed by atoms with Crippen molar-refractivity contribution in [1.82, 2.24) is 10.3 Å². The van der Waals surface area contributed by atoms with Crippen molar-refractivity contribution in [2.75, 3.05) is 19.1 Å². The van der Waals surface area contributed by atoms with Gasteiger partial charge in [0.15, 0.2) is 0 Å². The smallest absolute Gasteiger partial charge is 0.217 e. The Kier molecular flexibility index (Phi) is 6.26. The van der Waals surface area contributed by atoms with Crippen LogP contribution in [0.1, 0.15) is 18.9 Å². The quantitative estimate of drug-likeness (QED) is 0.793. The molecule has 1 atom stereocenters. The van der Waals surface area contributed by atoms with E-state index in [-0.39, 0.29) is 0 Å². The molecule has 4 heteroatoms. The molecule has 1 rings (SSSR count). The zero-order valence-electron chi connectivity index (χ0n) is 10.2. The predicted octanol–water partition coefficient (Wildman–Crippen LogP) is 2.32. The molecule has 16 heavy (non-hydrogen) atoms. The summed E-state index contributed by atoms with van der Waals surface area (Å²) in [5.41, 5.74) is 1.11. The fraction of sp³-hybridized carbons (Fsp3) is 0.583. The van der Waals surface area contributed by atoms with Crippen molar-refractivity contribution in [2.45, 2.75) is 25.9 Å². The Morgan fingerprint density at radius 1 is 1.56 bits per heavy atom. The fourth-order valence-electron chi connectivity index (χ4n) is 1.42. The van der Waals surface area contributed by atoms with Crippen molar-refractivity contribution in [2.24, 2.45) is 0 Å². The van der Waals surface area contributed by atoms with Crippen LogP contribution in [0.2, 0.25) is 0 Å². The van der Waals surface area contributed by atoms with Crippen LogP contribution in [-0.2, 0) is 6.54 Å². The Balaban J connectivity index is 2.41. The summed E-state index contributed by atoms with van der Waals surface area (Å²) in [7, 11) is 1.66. The molecular weight excluding hydrogens is 220 g/mol. The van der Waals surface area contributed by atoms with Crippen molar-refractivity contribution in [3.8, 4) is 5.88 Å². The van der Waals surface area contributed by atoms with E-state index in [0.29, 0.717) is 11.9 Å². The van der Waals surface area contributed by atoms with Crippen molar-refractivity contribution in [3.05, 3.63) is 23.9 Å². The summed E-state index contributed by atoms with van der Waals surface area (Å²) in [4.78, 5) is 4.17. The first kappa shape index (κ1) is 13.3. The number of nitrogens with zero attached hydrogens (tertiary/aromatic N) is 1. The van der Waals surface area contributed by atoms with Gasteiger partial charge in [0.1, 0.15) is 0 Å². The zero-order chi connectivity index (χ0) is 11.8. The lowest BCUT2D eigenvalue weighted by Gasteiger charge is -2.14. The molecule has 1 heterocycles. The molecule has 0 saturated carbocycles. The van der Waals surface area contributed by atoms with Gasteiger partial charge < -0.3 is 10.1 Å². The van der Waals surface area contributed by atoms with E-state index >= 15 is 0 Å². The minimum atomic E-state index is 0.525. The van der Waals surface area contributed by atoms with Crippen molar-refractivity contribution in [3.63, 3.8) is 0 Å². The Bertz CT molecular complexity index is 307. The third kappa shape index (κ3) is 4.41. The molecular formula is C12H20N2OS. The minimum Gasteiger partial charge on any atom is -0.481 e. The van der Waals surface area contributed by atoms with Gasteiger partial charge in [0, 0.05) is 24.3 Å². The molecule has 1 unspecified atom stereocenters. The summed E-state index contributed by atoms with van der Waals surface area (Å²) in [5.74, 6) is 1.91. The summed E-state index contributed by atoms with van der Waals surface area (Å²) in [6.07, 6.45) is 5.07. The summed E-state index contributed by atoms with van der Waals surface area (Å²) in [6.45, 7) is 3.02. The van der Waals surface area contributed by atoms with Gasteiger partial charge in [-0.1, -0.05) is 6.07 Å². The molecule has 0 aliphatic heterocycles. The van der Waals surface area contributed by atoms with E-state index in [9.17, 15) is 0 Å². The topological polar surface area (TPSA) is 34.1 Å². The van der Waals surface area contributed by atoms with E-state index in [2.05, 4.69) is 23.5 Å². The van der Waals surface area contributed by atoms with E-state index in [0.717, 1.165) is 12.1 Å². The lowest BCUT2D eigenvalue weighted by atomic mass is 10.2. The highest BCUT2D eigenvalue weighted by Crippen LogP contribution is 2.13. The molecule has 0 radical (unpaired) electrons. The number of hydrogen-bond donors (Lipinski definition) is 1. The van der Waals surface area contributed by atoms with Gasteiger partial charge in [-0.15, -0.1) is 0 Å². The standard InChI is InChI=1S/C12H20N2OS/c1-10(6-8-16-3)14-9-11-5-4-7-13-12(11)15-2/h4-5,7,10,14H,6,8-9H2,1-3H3. The Morgan fingerprint density at radius 3 is 3.06 bits per heavy atom. The number of aromatic nitrogens is 1. The maximum absolute atomic E-state index is 5.20. The Morgan fingerprint density at radius 2 is 2.38 bits per heavy atom. The highest BCUT2D eigenvalue weighted by atomic mass is 32.2. The van der Waals surface area contributed by atoms with Gasteiger partial charge >= 0.3 is 0 Å². The van der Waals surface area contributed by atoms with Crippen LogP contribution in [0.25, 0.3) is 0 Å². The average Bonchev–Trinajstić information content (AvgIpc) is 2.34. The molecule has 0 fully saturated rings. The monoisotopic (exact) mass is 240 g/mol. The number of thioether (sulfide) groups is 1. The van der Waals surface area contributed by atoms with Gasteiger partial charge in [0.05, 0.1) is 7.11 Å². The minimum absolute atomic E-state index is 0.525. The first-order valence-electron chi connectivity index (χ1n) is 5.48. The third-order valence-corrected chi connectivity index (χ3v) is 3.08. The third-order valence-electron chi connectivity index (χ3n) is 2.44. The molecule has 0 amide bonds. The first-order valence-corrected chi connectivity index (χ1v) is 6.87. The molecule has 90 valence electrons. The SMILES string of the molecule is COc1ncccc1CNC(C)CCSC. The second kappa shape index (κ2) is 7.52. The predicted molar refractivity (Wildman–Crippen MR) is 70.1 cm³/mol. The van der Waals surface area contributed by atoms with E-state index in [1.54, 1.807) is 13.3 Å². The second-order valence-electron chi connectivity index (χ2n) is 3.74. The second-order valence-corrected chi connectivity index (χ2v) is 4.72. The first-order chi connectivity index (χ1) is 7.77. The van der Waals surface area contributed by atoms with Crippen LogP contribution in [0.5, 0.6) is 5.88 Å². The van der Waals surface area contributed by atoms with Crippen LogP contribution in [0.4, 0.5) is 0 Å². The molecule has 3 nitrogen and oxygen atoms in total. The van der Waals surface area contributed by atoms with Gasteiger partial charge in [-0.2, -0.15) is 11.8 Å². The Hall–Kier alpha value is -0.740. The van der Waals surface area contributed by atoms with E-state index in [1.165, 1.54) is 12.2 Å². The number of nitrogens with one attached hydrogen (secondary N) is 1. The molecule has 0 aliphatic rings. The van der Waals surface area contributed by atoms with Crippen LogP contribution in [0.3, 0.4) is 0 Å². The molecule has 0 aliphatic carbocycles. The van der Waals surface area contributed by atoms with Crippen LogP contribution in [0.15, 0.2) is 18.3 Å². The summed E-state index contributed by atoms with van der Waals surface area (Å²) in [5, 5.41) is 3.48. The van der Waals surface area contributed by atoms with Crippen LogP contribution >= 0.6 is 11.8 Å². The fourth-order valence-corrected chi connectivity index (χ4v) is 2.01. The van der Waals surface area contributed by atoms with E-state index < -0.39 is 0 Å². The van der Waals surface area contributed by atoms with Crippen LogP contribution in [-0.4, -0.2) is 30.1 Å². The molecule has 0 aromatic carbocycles. The number of methoxy groups -OCH3 is 1. The molecule has 0 saturated heterocycles. The number of rotatable bonds is 7. The summed E-state index contributed by atoms with van der Waals surface area (Å²) < 4.78 is 5.20. The maximum atomic E-state index is 5.20. The maximum Gasteiger partial charge on any atom is 0.217 e. The van der Waals surface area contributed by atoms with Crippen molar-refractivity contribution >= 4 is 11.8 Å². The number of hydrogen-bond acceptors (Lipinski definition) is 4. The molecule has 1 N–H and O–H groups in total. The lowest BCUT2D eigenvalue weighted by molar-refractivity contribution is 0.388. The van der Waals surface area contributed by atoms with Gasteiger partial charge in [-0.3, -0.25) is 0 Å². The molecule has 0 bridgehead atoms. The van der Waals surface area contributed by atoms with Crippen molar-refractivity contribution < 1.29 is 4.74 Å². The largest absolute Gasteiger partial charge is 0.481 e. The highest BCUT2D eigenvalue weighted by Gasteiger charge is 2.05. The highest BCUT2D eigenvalue weighted by molar-refractivity contribution is 7.98. The number of pyridine rings is 1. The van der Waals surface area contributed by atoms with E-state index in [1.807, 2.05) is 23.9 Å². The van der Waals surface area contributed by atoms with Gasteiger partial charge in [0.2, 0.25) is 5.88 Å². The molecule has 1 aromatic rings. The van der Waals surface area contributed by atoms with Crippen LogP contribution < -0.4 is 10.1 Å². The van der Waals surface area contributed by atoms with Gasteiger partial charge in [-0.05, 0) is 31.4 Å². The Labute approximate surface area is 102 Å². The lowest BCUT2D eigenvalue weighted by Crippen LogP contribution is -2.26. The molecule has 1 aromatic heterocycles. The van der Waals surface area contributed by atoms with Crippen LogP contribution in [0, 0.1) is 0 Å². The van der Waals surface area contributed by atoms with E-state index in [4.69, 9.17) is 4.74 Å². The zero-order valence-corrected chi connectivity index (χ0v) is 11.0. The van der Waals surface area contributed by atoms with Gasteiger partial charge in [-0.25, -0.2) is 4.98 Å². The van der Waals surface area contributed by atoms with Crippen molar-refractivity contribution in [1.29, 1.82) is 0 Å². The summed E-state index contributed by atoms with van der Waals surface area (Å²) in [6, 6.07) is 4.50. The van der Waals surface area contributed by atoms with Gasteiger partial charge in [0.25, 0.3) is 0 Å². The number of ether oxygens (including phenoxy) is 1. The summed E-state index contributed by atoms with van der Waals surface area (Å²) >= 11 is 1.88. The average molecular weight is 240 g/mol. The normalized spacial score (nSPS) is 12.4. The molecule has 0 spiro atoms.